The van der Waals surface area contributed by atoms with Crippen molar-refractivity contribution in [2.24, 2.45) is 0 Å². The van der Waals surface area contributed by atoms with Crippen LogP contribution in [-0.4, -0.2) is 58.0 Å². The van der Waals surface area contributed by atoms with Gasteiger partial charge in [0.05, 0.1) is 43.4 Å². The van der Waals surface area contributed by atoms with Crippen LogP contribution in [0.2, 0.25) is 0 Å². The first-order valence-corrected chi connectivity index (χ1v) is 15.2. The normalized spacial score (nSPS) is 11.9. The van der Waals surface area contributed by atoms with Gasteiger partial charge in [-0.1, -0.05) is 6.58 Å². The number of carbonyl (C=O) groups excluding carboxylic acids is 3. The molecule has 0 saturated heterocycles. The summed E-state index contributed by atoms with van der Waals surface area (Å²) in [6, 6.07) is 2.27. The van der Waals surface area contributed by atoms with E-state index in [1.807, 2.05) is 0 Å². The number of ketones is 1. The molecule has 0 radical (unpaired) electrons. The fourth-order valence-corrected chi connectivity index (χ4v) is 5.06. The molecule has 4 rings (SSSR count). The van der Waals surface area contributed by atoms with Gasteiger partial charge in [-0.05, 0) is 45.4 Å². The number of hydrogen-bond donors (Lipinski definition) is 2. The van der Waals surface area contributed by atoms with Crippen LogP contribution in [0.4, 0.5) is 36.5 Å². The molecule has 47 heavy (non-hydrogen) atoms. The number of ether oxygens (including phenoxy) is 3. The van der Waals surface area contributed by atoms with E-state index in [9.17, 15) is 18.6 Å². The lowest BCUT2D eigenvalue weighted by Crippen LogP contribution is -2.38. The summed E-state index contributed by atoms with van der Waals surface area (Å²) in [7, 11) is 0.00689. The van der Waals surface area contributed by atoms with Crippen LogP contribution in [0.15, 0.2) is 47.8 Å². The highest BCUT2D eigenvalue weighted by Gasteiger charge is 2.37. The number of amides is 2. The summed E-state index contributed by atoms with van der Waals surface area (Å²) in [5.41, 5.74) is -1.46. The van der Waals surface area contributed by atoms with Gasteiger partial charge in [0.2, 0.25) is 17.5 Å². The van der Waals surface area contributed by atoms with Crippen molar-refractivity contribution in [1.82, 2.24) is 9.97 Å². The Bertz CT molecular complexity index is 1910. The summed E-state index contributed by atoms with van der Waals surface area (Å²) in [6.45, 7) is 9.87. The van der Waals surface area contributed by atoms with Crippen molar-refractivity contribution in [1.29, 1.82) is 0 Å². The molecular weight excluding hydrogens is 640 g/mol. The number of fused-ring (bicyclic) bond motifs is 1. The summed E-state index contributed by atoms with van der Waals surface area (Å²) in [6.07, 6.45) is 5.17. The number of methoxy groups -OCH3 is 2. The number of pyridine rings is 2. The zero-order chi connectivity index (χ0) is 34.8. The van der Waals surface area contributed by atoms with Crippen LogP contribution < -0.4 is 24.4 Å². The van der Waals surface area contributed by atoms with E-state index in [2.05, 4.69) is 27.2 Å². The second-order valence-electron chi connectivity index (χ2n) is 10.9. The lowest BCUT2D eigenvalue weighted by molar-refractivity contribution is -0.111. The molecule has 1 aromatic carbocycles. The highest BCUT2D eigenvalue weighted by molar-refractivity contribution is 7.86. The van der Waals surface area contributed by atoms with E-state index in [1.54, 1.807) is 27.7 Å². The number of aryl methyl sites for hydroxylation is 1. The van der Waals surface area contributed by atoms with E-state index in [0.29, 0.717) is 15.6 Å². The summed E-state index contributed by atoms with van der Waals surface area (Å²) < 4.78 is 66.0. The molecule has 13 nitrogen and oxygen atoms in total. The van der Waals surface area contributed by atoms with Crippen molar-refractivity contribution in [2.75, 3.05) is 35.4 Å². The molecule has 0 saturated carbocycles. The molecular formula is C31H31F2N5O8S. The maximum Gasteiger partial charge on any atom is 0.427 e. The number of benzene rings is 1. The summed E-state index contributed by atoms with van der Waals surface area (Å²) in [4.78, 5) is 47.9. The molecule has 0 bridgehead atoms. The van der Waals surface area contributed by atoms with Crippen molar-refractivity contribution in [3.63, 3.8) is 0 Å². The molecule has 3 aromatic heterocycles. The average Bonchev–Trinajstić information content (AvgIpc) is 3.36. The standard InChI is InChI=1S/C31H31F2N5O8S/c1-9-22(39)36-17-13-34-12-15(2)26(17)37-21-10-16-20(14-35-21)45-29(27(16)38(47(8)42)30(41)46-31(3,4)5)28(40)23-24(32)18(43-6)11-19(44-7)25(23)33/h9-14H,1H2,2-8H3,(H,36,39)(H,34,35,37). The van der Waals surface area contributed by atoms with E-state index < -0.39 is 74.5 Å². The van der Waals surface area contributed by atoms with Gasteiger partial charge in [-0.2, -0.15) is 4.31 Å². The number of aromatic nitrogens is 2. The van der Waals surface area contributed by atoms with Crippen molar-refractivity contribution in [3.8, 4) is 11.5 Å². The molecule has 0 aliphatic carbocycles. The van der Waals surface area contributed by atoms with E-state index in [-0.39, 0.29) is 22.5 Å². The fraction of sp³-hybridized carbons (Fsp3) is 0.258. The van der Waals surface area contributed by atoms with Crippen LogP contribution in [0, 0.1) is 18.6 Å². The number of hydrogen-bond acceptors (Lipinski definition) is 11. The third-order valence-corrected chi connectivity index (χ3v) is 7.25. The average molecular weight is 672 g/mol. The number of furan rings is 1. The Hall–Kier alpha value is -5.38. The maximum atomic E-state index is 15.5. The molecule has 2 amide bonds. The first-order chi connectivity index (χ1) is 22.1. The van der Waals surface area contributed by atoms with Gasteiger partial charge in [0.25, 0.3) is 0 Å². The minimum atomic E-state index is -2.22. The Morgan fingerprint density at radius 1 is 1.06 bits per heavy atom. The Kier molecular flexibility index (Phi) is 9.94. The van der Waals surface area contributed by atoms with Gasteiger partial charge in [-0.3, -0.25) is 14.6 Å². The minimum Gasteiger partial charge on any atom is -0.494 e. The topological polar surface area (TPSA) is 162 Å². The third-order valence-electron chi connectivity index (χ3n) is 6.41. The molecule has 16 heteroatoms. The van der Waals surface area contributed by atoms with E-state index in [4.69, 9.17) is 18.6 Å². The number of nitrogens with one attached hydrogen (secondary N) is 2. The van der Waals surface area contributed by atoms with Gasteiger partial charge in [-0.15, -0.1) is 0 Å². The molecule has 1 unspecified atom stereocenters. The van der Waals surface area contributed by atoms with Gasteiger partial charge in [0.1, 0.15) is 33.7 Å². The summed E-state index contributed by atoms with van der Waals surface area (Å²) >= 11 is 0. The molecule has 2 N–H and O–H groups in total. The van der Waals surface area contributed by atoms with Crippen LogP contribution in [0.3, 0.4) is 0 Å². The first kappa shape index (κ1) is 34.5. The predicted octanol–water partition coefficient (Wildman–Crippen LogP) is 5.96. The predicted molar refractivity (Wildman–Crippen MR) is 171 cm³/mol. The van der Waals surface area contributed by atoms with Crippen molar-refractivity contribution < 1.29 is 46.0 Å². The molecule has 3 heterocycles. The van der Waals surface area contributed by atoms with E-state index in [0.717, 1.165) is 32.6 Å². The molecule has 248 valence electrons. The lowest BCUT2D eigenvalue weighted by atomic mass is 10.0. The second-order valence-corrected chi connectivity index (χ2v) is 12.1. The van der Waals surface area contributed by atoms with Crippen molar-refractivity contribution in [3.05, 3.63) is 71.9 Å². The summed E-state index contributed by atoms with van der Waals surface area (Å²) in [5, 5.41) is 5.68. The van der Waals surface area contributed by atoms with Gasteiger partial charge in [0.15, 0.2) is 28.7 Å². The zero-order valence-electron chi connectivity index (χ0n) is 26.4. The molecule has 4 aromatic rings. The zero-order valence-corrected chi connectivity index (χ0v) is 27.3. The Balaban J connectivity index is 2.00. The monoisotopic (exact) mass is 671 g/mol. The van der Waals surface area contributed by atoms with Gasteiger partial charge < -0.3 is 29.3 Å². The molecule has 0 aliphatic heterocycles. The highest BCUT2D eigenvalue weighted by Crippen LogP contribution is 2.41. The number of anilines is 4. The smallest absolute Gasteiger partial charge is 0.427 e. The largest absolute Gasteiger partial charge is 0.494 e. The van der Waals surface area contributed by atoms with Gasteiger partial charge >= 0.3 is 6.09 Å². The van der Waals surface area contributed by atoms with Crippen molar-refractivity contribution >= 4 is 62.6 Å². The Morgan fingerprint density at radius 2 is 1.70 bits per heavy atom. The number of rotatable bonds is 10. The summed E-state index contributed by atoms with van der Waals surface area (Å²) in [5.74, 6) is -6.27. The van der Waals surface area contributed by atoms with Crippen LogP contribution >= 0.6 is 0 Å². The van der Waals surface area contributed by atoms with Gasteiger partial charge in [0, 0.05) is 18.5 Å². The molecule has 0 fully saturated rings. The number of nitrogens with zero attached hydrogens (tertiary/aromatic N) is 3. The third kappa shape index (κ3) is 7.06. The molecule has 1 atom stereocenters. The first-order valence-electron chi connectivity index (χ1n) is 13.7. The molecule has 0 spiro atoms. The highest BCUT2D eigenvalue weighted by atomic mass is 32.2. The van der Waals surface area contributed by atoms with Crippen LogP contribution in [0.25, 0.3) is 11.0 Å². The van der Waals surface area contributed by atoms with E-state index >= 15 is 8.78 Å². The molecule has 0 aliphatic rings. The Morgan fingerprint density at radius 3 is 2.26 bits per heavy atom. The number of halogens is 2. The maximum absolute atomic E-state index is 15.5. The quantitative estimate of drug-likeness (QED) is 0.151. The van der Waals surface area contributed by atoms with Crippen LogP contribution in [0.5, 0.6) is 11.5 Å². The Labute approximate surface area is 270 Å². The van der Waals surface area contributed by atoms with Crippen LogP contribution in [-0.2, 0) is 20.5 Å². The second kappa shape index (κ2) is 13.5. The van der Waals surface area contributed by atoms with Crippen LogP contribution in [0.1, 0.15) is 42.5 Å². The van der Waals surface area contributed by atoms with E-state index in [1.165, 1.54) is 24.7 Å². The fourth-order valence-electron chi connectivity index (χ4n) is 4.38. The lowest BCUT2D eigenvalue weighted by Gasteiger charge is -2.25. The minimum absolute atomic E-state index is 0.00836. The van der Waals surface area contributed by atoms with Crippen molar-refractivity contribution in [2.45, 2.75) is 33.3 Å². The SMILES string of the molecule is C=CC(=O)Nc1cncc(C)c1Nc1cc2c(N(C(=O)OC(C)(C)C)S(C)=O)c(C(=O)c3c(F)c(OC)cc(OC)c3F)oc2cn1. The van der Waals surface area contributed by atoms with Gasteiger partial charge in [-0.25, -0.2) is 22.8 Å². The number of carbonyl (C=O) groups is 3.